The van der Waals surface area contributed by atoms with Crippen LogP contribution in [-0.2, 0) is 9.59 Å². The van der Waals surface area contributed by atoms with Crippen LogP contribution >= 0.6 is 11.6 Å². The summed E-state index contributed by atoms with van der Waals surface area (Å²) in [5.41, 5.74) is 0.617. The highest BCUT2D eigenvalue weighted by molar-refractivity contribution is 6.30. The van der Waals surface area contributed by atoms with E-state index in [9.17, 15) is 9.59 Å². The molecule has 1 aromatic rings. The Kier molecular flexibility index (Phi) is 3.62. The standard InChI is InChI=1S/C17H18ClNO2/c1-3-11-5-4-10(2)14-15(11)17(21)19(16(14)20)13-8-6-12(18)7-9-13/h4-11,14-15H,3H2,1-2H3. The number of imide groups is 1. The highest BCUT2D eigenvalue weighted by Crippen LogP contribution is 2.44. The fourth-order valence-corrected chi connectivity index (χ4v) is 3.63. The van der Waals surface area contributed by atoms with Gasteiger partial charge >= 0.3 is 0 Å². The molecule has 3 rings (SSSR count). The summed E-state index contributed by atoms with van der Waals surface area (Å²) in [6.45, 7) is 4.07. The summed E-state index contributed by atoms with van der Waals surface area (Å²) in [4.78, 5) is 26.9. The van der Waals surface area contributed by atoms with Gasteiger partial charge in [0.25, 0.3) is 0 Å². The van der Waals surface area contributed by atoms with E-state index in [0.29, 0.717) is 10.7 Å². The number of halogens is 1. The molecular weight excluding hydrogens is 286 g/mol. The molecule has 4 atom stereocenters. The molecule has 0 radical (unpaired) electrons. The number of carbonyl (C=O) groups excluding carboxylic acids is 2. The highest BCUT2D eigenvalue weighted by atomic mass is 35.5. The lowest BCUT2D eigenvalue weighted by molar-refractivity contribution is -0.122. The van der Waals surface area contributed by atoms with Crippen molar-refractivity contribution in [2.24, 2.45) is 23.7 Å². The quantitative estimate of drug-likeness (QED) is 0.617. The lowest BCUT2D eigenvalue weighted by Gasteiger charge is -2.29. The average Bonchev–Trinajstić information content (AvgIpc) is 2.74. The second-order valence-electron chi connectivity index (χ2n) is 5.86. The minimum atomic E-state index is -0.233. The number of carbonyl (C=O) groups is 2. The van der Waals surface area contributed by atoms with Crippen LogP contribution in [-0.4, -0.2) is 11.8 Å². The van der Waals surface area contributed by atoms with Gasteiger partial charge in [0, 0.05) is 5.02 Å². The van der Waals surface area contributed by atoms with E-state index >= 15 is 0 Å². The summed E-state index contributed by atoms with van der Waals surface area (Å²) in [7, 11) is 0. The highest BCUT2D eigenvalue weighted by Gasteiger charge is 2.53. The van der Waals surface area contributed by atoms with E-state index in [-0.39, 0.29) is 35.5 Å². The van der Waals surface area contributed by atoms with Gasteiger partial charge in [0.15, 0.2) is 0 Å². The minimum absolute atomic E-state index is 0.0737. The van der Waals surface area contributed by atoms with Crippen molar-refractivity contribution in [3.63, 3.8) is 0 Å². The maximum atomic E-state index is 12.8. The number of fused-ring (bicyclic) bond motifs is 1. The molecule has 0 spiro atoms. The summed E-state index contributed by atoms with van der Waals surface area (Å²) in [5.74, 6) is -0.356. The first kappa shape index (κ1) is 14.3. The van der Waals surface area contributed by atoms with Gasteiger partial charge in [-0.3, -0.25) is 14.5 Å². The summed E-state index contributed by atoms with van der Waals surface area (Å²) in [6.07, 6.45) is 5.05. The lowest BCUT2D eigenvalue weighted by Crippen LogP contribution is -2.32. The van der Waals surface area contributed by atoms with E-state index in [1.807, 2.05) is 6.92 Å². The minimum Gasteiger partial charge on any atom is -0.274 e. The van der Waals surface area contributed by atoms with Crippen molar-refractivity contribution in [2.45, 2.75) is 20.3 Å². The number of nitrogens with zero attached hydrogens (tertiary/aromatic N) is 1. The van der Waals surface area contributed by atoms with Crippen LogP contribution in [0.25, 0.3) is 0 Å². The van der Waals surface area contributed by atoms with Crippen molar-refractivity contribution < 1.29 is 9.59 Å². The number of anilines is 1. The predicted molar refractivity (Wildman–Crippen MR) is 83.0 cm³/mol. The maximum absolute atomic E-state index is 12.8. The fourth-order valence-electron chi connectivity index (χ4n) is 3.51. The third kappa shape index (κ3) is 2.20. The van der Waals surface area contributed by atoms with Crippen molar-refractivity contribution in [3.05, 3.63) is 41.4 Å². The Hall–Kier alpha value is -1.61. The molecule has 2 aliphatic rings. The molecule has 1 fully saturated rings. The first-order valence-corrected chi connectivity index (χ1v) is 7.74. The first-order valence-electron chi connectivity index (χ1n) is 7.36. The molecule has 1 aliphatic carbocycles. The average molecular weight is 304 g/mol. The van der Waals surface area contributed by atoms with Crippen LogP contribution < -0.4 is 4.90 Å². The van der Waals surface area contributed by atoms with Crippen LogP contribution in [0, 0.1) is 23.7 Å². The molecular formula is C17H18ClNO2. The number of benzene rings is 1. The fraction of sp³-hybridized carbons (Fsp3) is 0.412. The summed E-state index contributed by atoms with van der Waals surface area (Å²) >= 11 is 5.88. The van der Waals surface area contributed by atoms with Gasteiger partial charge in [0.1, 0.15) is 0 Å². The van der Waals surface area contributed by atoms with Crippen molar-refractivity contribution in [3.8, 4) is 0 Å². The number of amides is 2. The van der Waals surface area contributed by atoms with Gasteiger partial charge in [0.2, 0.25) is 11.8 Å². The largest absolute Gasteiger partial charge is 0.274 e. The van der Waals surface area contributed by atoms with Crippen LogP contribution in [0.5, 0.6) is 0 Å². The van der Waals surface area contributed by atoms with Crippen LogP contribution in [0.3, 0.4) is 0 Å². The topological polar surface area (TPSA) is 37.4 Å². The first-order chi connectivity index (χ1) is 10.0. The molecule has 1 aromatic carbocycles. The van der Waals surface area contributed by atoms with Gasteiger partial charge in [-0.1, -0.05) is 37.6 Å². The van der Waals surface area contributed by atoms with E-state index in [0.717, 1.165) is 6.42 Å². The molecule has 110 valence electrons. The molecule has 0 N–H and O–H groups in total. The molecule has 3 nitrogen and oxygen atoms in total. The Morgan fingerprint density at radius 1 is 1.05 bits per heavy atom. The van der Waals surface area contributed by atoms with E-state index in [2.05, 4.69) is 19.1 Å². The van der Waals surface area contributed by atoms with Gasteiger partial charge in [-0.05, 0) is 42.5 Å². The molecule has 4 unspecified atom stereocenters. The molecule has 0 bridgehead atoms. The van der Waals surface area contributed by atoms with E-state index in [4.69, 9.17) is 11.6 Å². The van der Waals surface area contributed by atoms with Gasteiger partial charge < -0.3 is 0 Å². The zero-order valence-corrected chi connectivity index (χ0v) is 12.9. The number of allylic oxidation sites excluding steroid dienone is 2. The number of hydrogen-bond donors (Lipinski definition) is 0. The molecule has 1 heterocycles. The van der Waals surface area contributed by atoms with E-state index < -0.39 is 0 Å². The number of rotatable bonds is 2. The van der Waals surface area contributed by atoms with Crippen LogP contribution in [0.1, 0.15) is 20.3 Å². The SMILES string of the molecule is CCC1C=CC(C)C2C(=O)N(c3ccc(Cl)cc3)C(=O)C12. The van der Waals surface area contributed by atoms with Crippen molar-refractivity contribution in [2.75, 3.05) is 4.90 Å². The molecule has 21 heavy (non-hydrogen) atoms. The van der Waals surface area contributed by atoms with E-state index in [1.54, 1.807) is 24.3 Å². The smallest absolute Gasteiger partial charge is 0.238 e. The molecule has 1 aliphatic heterocycles. The van der Waals surface area contributed by atoms with Crippen LogP contribution in [0.4, 0.5) is 5.69 Å². The van der Waals surface area contributed by atoms with Gasteiger partial charge in [-0.15, -0.1) is 0 Å². The van der Waals surface area contributed by atoms with Crippen LogP contribution in [0.2, 0.25) is 5.02 Å². The molecule has 2 amide bonds. The Balaban J connectivity index is 2.01. The van der Waals surface area contributed by atoms with Crippen molar-refractivity contribution >= 4 is 29.1 Å². The van der Waals surface area contributed by atoms with Crippen molar-refractivity contribution in [1.82, 2.24) is 0 Å². The normalized spacial score (nSPS) is 31.7. The van der Waals surface area contributed by atoms with Gasteiger partial charge in [0.05, 0.1) is 17.5 Å². The van der Waals surface area contributed by atoms with Gasteiger partial charge in [-0.2, -0.15) is 0 Å². The third-order valence-electron chi connectivity index (χ3n) is 4.64. The third-order valence-corrected chi connectivity index (χ3v) is 4.90. The zero-order chi connectivity index (χ0) is 15.1. The Labute approximate surface area is 129 Å². The molecule has 0 aromatic heterocycles. The number of hydrogen-bond acceptors (Lipinski definition) is 2. The summed E-state index contributed by atoms with van der Waals surface area (Å²) in [6, 6.07) is 6.87. The van der Waals surface area contributed by atoms with Crippen molar-refractivity contribution in [1.29, 1.82) is 0 Å². The maximum Gasteiger partial charge on any atom is 0.238 e. The predicted octanol–water partition coefficient (Wildman–Crippen LogP) is 3.68. The Bertz CT molecular complexity index is 608. The Morgan fingerprint density at radius 3 is 2.29 bits per heavy atom. The second kappa shape index (κ2) is 5.30. The second-order valence-corrected chi connectivity index (χ2v) is 6.29. The lowest BCUT2D eigenvalue weighted by atomic mass is 9.71. The Morgan fingerprint density at radius 2 is 1.67 bits per heavy atom. The van der Waals surface area contributed by atoms with E-state index in [1.165, 1.54) is 4.90 Å². The molecule has 4 heteroatoms. The van der Waals surface area contributed by atoms with Gasteiger partial charge in [-0.25, -0.2) is 0 Å². The molecule has 1 saturated heterocycles. The van der Waals surface area contributed by atoms with Crippen LogP contribution in [0.15, 0.2) is 36.4 Å². The summed E-state index contributed by atoms with van der Waals surface area (Å²) in [5, 5.41) is 0.594. The molecule has 0 saturated carbocycles. The zero-order valence-electron chi connectivity index (χ0n) is 12.1. The summed E-state index contributed by atoms with van der Waals surface area (Å²) < 4.78 is 0. The monoisotopic (exact) mass is 303 g/mol.